The van der Waals surface area contributed by atoms with Crippen molar-refractivity contribution in [2.24, 2.45) is 0 Å². The highest BCUT2D eigenvalue weighted by Crippen LogP contribution is 2.25. The van der Waals surface area contributed by atoms with E-state index in [-0.39, 0.29) is 16.9 Å². The van der Waals surface area contributed by atoms with E-state index in [1.54, 1.807) is 12.1 Å². The molecule has 20 heavy (non-hydrogen) atoms. The molecule has 2 aromatic rings. The van der Waals surface area contributed by atoms with Gasteiger partial charge in [-0.1, -0.05) is 17.7 Å². The number of hydrogen-bond donors (Lipinski definition) is 1. The van der Waals surface area contributed by atoms with Gasteiger partial charge in [0.25, 0.3) is 0 Å². The van der Waals surface area contributed by atoms with Gasteiger partial charge in [0.2, 0.25) is 0 Å². The zero-order valence-electron chi connectivity index (χ0n) is 10.3. The summed E-state index contributed by atoms with van der Waals surface area (Å²) >= 11 is 5.96. The Balaban J connectivity index is 2.28. The number of benzene rings is 2. The Morgan fingerprint density at radius 3 is 2.70 bits per heavy atom. The van der Waals surface area contributed by atoms with Crippen LogP contribution in [0.2, 0.25) is 5.02 Å². The molecule has 0 radical (unpaired) electrons. The molecule has 1 unspecified atom stereocenters. The number of nitriles is 1. The number of nitrogens with zero attached hydrogens (tertiary/aromatic N) is 1. The Bertz CT molecular complexity index is 728. The normalized spacial score (nSPS) is 11.8. The van der Waals surface area contributed by atoms with Crippen LogP contribution in [0.15, 0.2) is 41.3 Å². The molecule has 0 aliphatic rings. The highest BCUT2D eigenvalue weighted by molar-refractivity contribution is 7.84. The fourth-order valence-electron chi connectivity index (χ4n) is 1.65. The minimum absolute atomic E-state index is 0.0271. The van der Waals surface area contributed by atoms with Crippen LogP contribution in [0.5, 0.6) is 0 Å². The second-order valence-electron chi connectivity index (χ2n) is 4.10. The second-order valence-corrected chi connectivity index (χ2v) is 5.92. The fraction of sp³-hybridized carbons (Fsp3) is 0.0714. The molecule has 0 saturated heterocycles. The quantitative estimate of drug-likeness (QED) is 0.885. The summed E-state index contributed by atoms with van der Waals surface area (Å²) < 4.78 is 26.0. The van der Waals surface area contributed by atoms with Gasteiger partial charge in [-0.15, -0.1) is 0 Å². The predicted octanol–water partition coefficient (Wildman–Crippen LogP) is 3.24. The average Bonchev–Trinajstić information content (AvgIpc) is 2.43. The molecule has 2 N–H and O–H groups in total. The Morgan fingerprint density at radius 2 is 2.05 bits per heavy atom. The van der Waals surface area contributed by atoms with E-state index in [9.17, 15) is 8.60 Å². The van der Waals surface area contributed by atoms with Crippen molar-refractivity contribution in [2.45, 2.75) is 10.6 Å². The van der Waals surface area contributed by atoms with Gasteiger partial charge in [0, 0.05) is 11.3 Å². The molecule has 0 saturated carbocycles. The summed E-state index contributed by atoms with van der Waals surface area (Å²) in [5.41, 5.74) is 6.55. The standard InChI is InChI=1S/C14H10ClFN2OS/c15-12-4-3-11(18)6-14(12)20(19)8-10-2-1-9(7-17)5-13(10)16/h1-6H,8,18H2. The highest BCUT2D eigenvalue weighted by atomic mass is 35.5. The van der Waals surface area contributed by atoms with Gasteiger partial charge in [0.1, 0.15) is 5.82 Å². The summed E-state index contributed by atoms with van der Waals surface area (Å²) in [6, 6.07) is 10.6. The molecule has 0 aromatic heterocycles. The molecule has 0 bridgehead atoms. The Kier molecular flexibility index (Phi) is 4.38. The third-order valence-corrected chi connectivity index (χ3v) is 4.51. The average molecular weight is 309 g/mol. The van der Waals surface area contributed by atoms with E-state index in [1.165, 1.54) is 18.2 Å². The van der Waals surface area contributed by atoms with Crippen molar-refractivity contribution in [1.29, 1.82) is 5.26 Å². The van der Waals surface area contributed by atoms with Crippen LogP contribution in [0.25, 0.3) is 0 Å². The van der Waals surface area contributed by atoms with Gasteiger partial charge >= 0.3 is 0 Å². The lowest BCUT2D eigenvalue weighted by Gasteiger charge is -2.07. The van der Waals surface area contributed by atoms with Crippen LogP contribution in [0, 0.1) is 17.1 Å². The smallest absolute Gasteiger partial charge is 0.128 e. The van der Waals surface area contributed by atoms with Gasteiger partial charge in [-0.3, -0.25) is 4.21 Å². The van der Waals surface area contributed by atoms with Gasteiger partial charge in [-0.05, 0) is 30.3 Å². The van der Waals surface area contributed by atoms with Crippen LogP contribution in [0.4, 0.5) is 10.1 Å². The van der Waals surface area contributed by atoms with E-state index in [2.05, 4.69) is 0 Å². The first-order valence-electron chi connectivity index (χ1n) is 5.63. The largest absolute Gasteiger partial charge is 0.399 e. The summed E-state index contributed by atoms with van der Waals surface area (Å²) in [7, 11) is -1.51. The molecule has 102 valence electrons. The summed E-state index contributed by atoms with van der Waals surface area (Å²) in [4.78, 5) is 0.371. The van der Waals surface area contributed by atoms with Crippen molar-refractivity contribution in [3.63, 3.8) is 0 Å². The fourth-order valence-corrected chi connectivity index (χ4v) is 3.25. The monoisotopic (exact) mass is 308 g/mol. The van der Waals surface area contributed by atoms with Crippen molar-refractivity contribution in [1.82, 2.24) is 0 Å². The lowest BCUT2D eigenvalue weighted by Crippen LogP contribution is -2.01. The van der Waals surface area contributed by atoms with Crippen LogP contribution in [0.1, 0.15) is 11.1 Å². The van der Waals surface area contributed by atoms with Gasteiger partial charge in [-0.25, -0.2) is 4.39 Å². The van der Waals surface area contributed by atoms with Crippen molar-refractivity contribution >= 4 is 28.1 Å². The van der Waals surface area contributed by atoms with Crippen molar-refractivity contribution in [2.75, 3.05) is 5.73 Å². The maximum absolute atomic E-state index is 13.7. The number of nitrogen functional groups attached to an aromatic ring is 1. The van der Waals surface area contributed by atoms with Gasteiger partial charge in [0.05, 0.1) is 38.1 Å². The summed E-state index contributed by atoms with van der Waals surface area (Å²) in [6.45, 7) is 0. The van der Waals surface area contributed by atoms with E-state index in [0.29, 0.717) is 15.6 Å². The van der Waals surface area contributed by atoms with Crippen LogP contribution >= 0.6 is 11.6 Å². The van der Waals surface area contributed by atoms with Crippen molar-refractivity contribution in [3.05, 3.63) is 58.4 Å². The predicted molar refractivity (Wildman–Crippen MR) is 77.1 cm³/mol. The van der Waals surface area contributed by atoms with E-state index in [1.807, 2.05) is 6.07 Å². The third kappa shape index (κ3) is 3.16. The van der Waals surface area contributed by atoms with E-state index < -0.39 is 16.6 Å². The second kappa shape index (κ2) is 6.04. The van der Waals surface area contributed by atoms with E-state index >= 15 is 0 Å². The molecule has 1 atom stereocenters. The Hall–Kier alpha value is -1.90. The molecule has 0 aliphatic heterocycles. The van der Waals surface area contributed by atoms with Crippen LogP contribution in [-0.2, 0) is 16.6 Å². The molecule has 2 rings (SSSR count). The Morgan fingerprint density at radius 1 is 1.30 bits per heavy atom. The van der Waals surface area contributed by atoms with Crippen LogP contribution in [0.3, 0.4) is 0 Å². The van der Waals surface area contributed by atoms with Crippen LogP contribution in [-0.4, -0.2) is 4.21 Å². The van der Waals surface area contributed by atoms with E-state index in [4.69, 9.17) is 22.6 Å². The maximum atomic E-state index is 13.7. The number of rotatable bonds is 3. The molecule has 0 amide bonds. The molecular weight excluding hydrogens is 299 g/mol. The third-order valence-electron chi connectivity index (χ3n) is 2.67. The first kappa shape index (κ1) is 14.5. The zero-order chi connectivity index (χ0) is 14.7. The summed E-state index contributed by atoms with van der Waals surface area (Å²) in [5, 5.41) is 9.00. The maximum Gasteiger partial charge on any atom is 0.128 e. The molecule has 0 spiro atoms. The topological polar surface area (TPSA) is 66.9 Å². The molecular formula is C14H10ClFN2OS. The molecule has 2 aromatic carbocycles. The number of hydrogen-bond acceptors (Lipinski definition) is 3. The summed E-state index contributed by atoms with van der Waals surface area (Å²) in [6.07, 6.45) is 0. The van der Waals surface area contributed by atoms with Gasteiger partial charge in [0.15, 0.2) is 0 Å². The number of halogens is 2. The number of nitrogens with two attached hydrogens (primary N) is 1. The Labute approximate surface area is 123 Å². The first-order chi connectivity index (χ1) is 9.51. The number of anilines is 1. The molecule has 0 fully saturated rings. The van der Waals surface area contributed by atoms with Crippen LogP contribution < -0.4 is 5.73 Å². The first-order valence-corrected chi connectivity index (χ1v) is 7.33. The summed E-state index contributed by atoms with van der Waals surface area (Å²) in [5.74, 6) is -0.585. The van der Waals surface area contributed by atoms with Crippen molar-refractivity contribution in [3.8, 4) is 6.07 Å². The molecule has 0 heterocycles. The zero-order valence-corrected chi connectivity index (χ0v) is 11.8. The minimum atomic E-state index is -1.51. The molecule has 6 heteroatoms. The highest BCUT2D eigenvalue weighted by Gasteiger charge is 2.13. The van der Waals surface area contributed by atoms with E-state index in [0.717, 1.165) is 6.07 Å². The molecule has 3 nitrogen and oxygen atoms in total. The van der Waals surface area contributed by atoms with Gasteiger partial charge < -0.3 is 5.73 Å². The lowest BCUT2D eigenvalue weighted by atomic mass is 10.1. The van der Waals surface area contributed by atoms with Crippen molar-refractivity contribution < 1.29 is 8.60 Å². The molecule has 0 aliphatic carbocycles. The SMILES string of the molecule is N#Cc1ccc(CS(=O)c2cc(N)ccc2Cl)c(F)c1. The lowest BCUT2D eigenvalue weighted by molar-refractivity contribution is 0.614. The minimum Gasteiger partial charge on any atom is -0.399 e. The van der Waals surface area contributed by atoms with Gasteiger partial charge in [-0.2, -0.15) is 5.26 Å².